The van der Waals surface area contributed by atoms with Crippen LogP contribution in [0.25, 0.3) is 0 Å². The number of rotatable bonds is 10. The second-order valence-corrected chi connectivity index (χ2v) is 6.30. The number of unbranched alkanes of at least 4 members (excludes halogenated alkanes) is 2. The van der Waals surface area contributed by atoms with Crippen molar-refractivity contribution in [3.8, 4) is 5.75 Å². The first-order valence-corrected chi connectivity index (χ1v) is 8.74. The van der Waals surface area contributed by atoms with Gasteiger partial charge >= 0.3 is 0 Å². The summed E-state index contributed by atoms with van der Waals surface area (Å²) in [7, 11) is 1.72. The van der Waals surface area contributed by atoms with Crippen molar-refractivity contribution < 1.29 is 4.74 Å². The zero-order chi connectivity index (χ0) is 15.7. The van der Waals surface area contributed by atoms with E-state index in [0.717, 1.165) is 23.3 Å². The molecule has 3 nitrogen and oxygen atoms in total. The van der Waals surface area contributed by atoms with Gasteiger partial charge in [-0.3, -0.25) is 4.90 Å². The summed E-state index contributed by atoms with van der Waals surface area (Å²) in [6.45, 7) is 7.26. The van der Waals surface area contributed by atoms with E-state index < -0.39 is 0 Å². The van der Waals surface area contributed by atoms with Crippen molar-refractivity contribution >= 4 is 15.9 Å². The first-order chi connectivity index (χ1) is 10.2. The van der Waals surface area contributed by atoms with Crippen LogP contribution in [0.5, 0.6) is 5.75 Å². The Morgan fingerprint density at radius 3 is 2.29 bits per heavy atom. The van der Waals surface area contributed by atoms with Gasteiger partial charge in [0.2, 0.25) is 0 Å². The summed E-state index contributed by atoms with van der Waals surface area (Å²) in [5, 5.41) is 0. The molecule has 0 aliphatic heterocycles. The SMILES string of the molecule is CCCCN(CCCC)C(CN)c1cc(Br)ccc1OC. The minimum absolute atomic E-state index is 0.218. The lowest BCUT2D eigenvalue weighted by molar-refractivity contribution is 0.192. The van der Waals surface area contributed by atoms with Gasteiger partial charge in [-0.15, -0.1) is 0 Å². The van der Waals surface area contributed by atoms with Crippen molar-refractivity contribution in [3.05, 3.63) is 28.2 Å². The summed E-state index contributed by atoms with van der Waals surface area (Å²) in [5.41, 5.74) is 7.29. The topological polar surface area (TPSA) is 38.5 Å². The molecule has 0 saturated heterocycles. The first-order valence-electron chi connectivity index (χ1n) is 7.95. The van der Waals surface area contributed by atoms with Crippen LogP contribution in [0.2, 0.25) is 0 Å². The van der Waals surface area contributed by atoms with Gasteiger partial charge in [0.25, 0.3) is 0 Å². The van der Waals surface area contributed by atoms with Crippen LogP contribution in [0.3, 0.4) is 0 Å². The van der Waals surface area contributed by atoms with Crippen LogP contribution in [0, 0.1) is 0 Å². The summed E-state index contributed by atoms with van der Waals surface area (Å²) in [5.74, 6) is 0.923. The highest BCUT2D eigenvalue weighted by Crippen LogP contribution is 2.32. The van der Waals surface area contributed by atoms with E-state index in [1.165, 1.54) is 31.2 Å². The molecule has 4 heteroatoms. The molecule has 1 atom stereocenters. The number of benzene rings is 1. The molecular formula is C17H29BrN2O. The molecule has 0 aromatic heterocycles. The van der Waals surface area contributed by atoms with E-state index in [1.54, 1.807) is 7.11 Å². The molecule has 1 aromatic carbocycles. The summed E-state index contributed by atoms with van der Waals surface area (Å²) in [6, 6.07) is 6.38. The normalized spacial score (nSPS) is 12.7. The lowest BCUT2D eigenvalue weighted by atomic mass is 10.0. The zero-order valence-corrected chi connectivity index (χ0v) is 15.2. The minimum Gasteiger partial charge on any atom is -0.496 e. The molecule has 0 aliphatic rings. The number of methoxy groups -OCH3 is 1. The van der Waals surface area contributed by atoms with Crippen LogP contribution in [0.1, 0.15) is 51.1 Å². The Labute approximate surface area is 138 Å². The molecule has 0 amide bonds. The molecule has 0 spiro atoms. The Kier molecular flexibility index (Phi) is 8.97. The van der Waals surface area contributed by atoms with Crippen molar-refractivity contribution in [1.29, 1.82) is 0 Å². The summed E-state index contributed by atoms with van der Waals surface area (Å²) < 4.78 is 6.61. The highest BCUT2D eigenvalue weighted by atomic mass is 79.9. The highest BCUT2D eigenvalue weighted by molar-refractivity contribution is 9.10. The molecular weight excluding hydrogens is 328 g/mol. The Bertz CT molecular complexity index is 404. The maximum atomic E-state index is 6.11. The minimum atomic E-state index is 0.218. The van der Waals surface area contributed by atoms with Gasteiger partial charge in [-0.25, -0.2) is 0 Å². The number of halogens is 1. The van der Waals surface area contributed by atoms with Gasteiger partial charge in [-0.05, 0) is 44.1 Å². The molecule has 0 bridgehead atoms. The van der Waals surface area contributed by atoms with Crippen LogP contribution >= 0.6 is 15.9 Å². The van der Waals surface area contributed by atoms with Gasteiger partial charge in [0.1, 0.15) is 5.75 Å². The average Bonchev–Trinajstić information content (AvgIpc) is 2.50. The third kappa shape index (κ3) is 5.61. The second-order valence-electron chi connectivity index (χ2n) is 5.38. The fraction of sp³-hybridized carbons (Fsp3) is 0.647. The molecule has 0 radical (unpaired) electrons. The van der Waals surface area contributed by atoms with E-state index in [-0.39, 0.29) is 6.04 Å². The maximum Gasteiger partial charge on any atom is 0.123 e. The highest BCUT2D eigenvalue weighted by Gasteiger charge is 2.21. The first kappa shape index (κ1) is 18.5. The average molecular weight is 357 g/mol. The van der Waals surface area contributed by atoms with Gasteiger partial charge in [-0.1, -0.05) is 42.6 Å². The van der Waals surface area contributed by atoms with E-state index in [4.69, 9.17) is 10.5 Å². The van der Waals surface area contributed by atoms with E-state index in [0.29, 0.717) is 6.54 Å². The van der Waals surface area contributed by atoms with Gasteiger partial charge in [0, 0.05) is 16.6 Å². The maximum absolute atomic E-state index is 6.11. The molecule has 120 valence electrons. The van der Waals surface area contributed by atoms with Gasteiger partial charge < -0.3 is 10.5 Å². The third-order valence-corrected chi connectivity index (χ3v) is 4.31. The van der Waals surface area contributed by atoms with Crippen LogP contribution in [0.15, 0.2) is 22.7 Å². The van der Waals surface area contributed by atoms with E-state index in [9.17, 15) is 0 Å². The van der Waals surface area contributed by atoms with Crippen molar-refractivity contribution in [2.75, 3.05) is 26.7 Å². The number of hydrogen-bond donors (Lipinski definition) is 1. The largest absolute Gasteiger partial charge is 0.496 e. The van der Waals surface area contributed by atoms with Crippen molar-refractivity contribution in [3.63, 3.8) is 0 Å². The van der Waals surface area contributed by atoms with E-state index in [1.807, 2.05) is 12.1 Å². The molecule has 0 aliphatic carbocycles. The molecule has 0 heterocycles. The monoisotopic (exact) mass is 356 g/mol. The summed E-state index contributed by atoms with van der Waals surface area (Å²) in [6.07, 6.45) is 4.82. The fourth-order valence-electron chi connectivity index (χ4n) is 2.58. The fourth-order valence-corrected chi connectivity index (χ4v) is 2.96. The van der Waals surface area contributed by atoms with E-state index in [2.05, 4.69) is 40.7 Å². The van der Waals surface area contributed by atoms with Gasteiger partial charge in [0.15, 0.2) is 0 Å². The van der Waals surface area contributed by atoms with Crippen LogP contribution < -0.4 is 10.5 Å². The third-order valence-electron chi connectivity index (χ3n) is 3.81. The van der Waals surface area contributed by atoms with Gasteiger partial charge in [0.05, 0.1) is 13.2 Å². The lowest BCUT2D eigenvalue weighted by Gasteiger charge is -2.32. The van der Waals surface area contributed by atoms with Crippen molar-refractivity contribution in [2.45, 2.75) is 45.6 Å². The Morgan fingerprint density at radius 1 is 1.19 bits per heavy atom. The van der Waals surface area contributed by atoms with Gasteiger partial charge in [-0.2, -0.15) is 0 Å². The summed E-state index contributed by atoms with van der Waals surface area (Å²) >= 11 is 3.56. The number of ether oxygens (including phenoxy) is 1. The molecule has 1 aromatic rings. The molecule has 0 fully saturated rings. The Morgan fingerprint density at radius 2 is 1.81 bits per heavy atom. The van der Waals surface area contributed by atoms with Crippen LogP contribution in [0.4, 0.5) is 0 Å². The second kappa shape index (κ2) is 10.2. The zero-order valence-electron chi connectivity index (χ0n) is 13.6. The summed E-state index contributed by atoms with van der Waals surface area (Å²) in [4.78, 5) is 2.51. The Hall–Kier alpha value is -0.580. The van der Waals surface area contributed by atoms with Crippen LogP contribution in [-0.2, 0) is 0 Å². The van der Waals surface area contributed by atoms with Crippen LogP contribution in [-0.4, -0.2) is 31.6 Å². The predicted molar refractivity (Wildman–Crippen MR) is 93.9 cm³/mol. The quantitative estimate of drug-likeness (QED) is 0.676. The Balaban J connectivity index is 3.02. The van der Waals surface area contributed by atoms with Crippen molar-refractivity contribution in [1.82, 2.24) is 4.90 Å². The molecule has 21 heavy (non-hydrogen) atoms. The molecule has 0 saturated carbocycles. The number of hydrogen-bond acceptors (Lipinski definition) is 3. The smallest absolute Gasteiger partial charge is 0.123 e. The number of nitrogens with zero attached hydrogens (tertiary/aromatic N) is 1. The molecule has 2 N–H and O–H groups in total. The predicted octanol–water partition coefficient (Wildman–Crippen LogP) is 4.36. The van der Waals surface area contributed by atoms with Crippen molar-refractivity contribution in [2.24, 2.45) is 5.73 Å². The van der Waals surface area contributed by atoms with E-state index >= 15 is 0 Å². The molecule has 1 unspecified atom stereocenters. The lowest BCUT2D eigenvalue weighted by Crippen LogP contribution is -2.35. The molecule has 1 rings (SSSR count). The number of nitrogens with two attached hydrogens (primary N) is 1. The standard InChI is InChI=1S/C17H29BrN2O/c1-4-6-10-20(11-7-5-2)16(13-19)15-12-14(18)8-9-17(15)21-3/h8-9,12,16H,4-7,10-11,13,19H2,1-3H3.